The number of thioether (sulfide) groups is 1. The maximum atomic E-state index is 13.8. The van der Waals surface area contributed by atoms with Crippen molar-refractivity contribution in [2.24, 2.45) is 0 Å². The second-order valence-corrected chi connectivity index (χ2v) is 9.93. The second-order valence-electron chi connectivity index (χ2n) is 9.10. The van der Waals surface area contributed by atoms with E-state index in [-0.39, 0.29) is 11.9 Å². The molecule has 2 aliphatic rings. The van der Waals surface area contributed by atoms with Crippen LogP contribution >= 0.6 is 11.8 Å². The van der Waals surface area contributed by atoms with Crippen molar-refractivity contribution in [1.82, 2.24) is 14.9 Å². The Morgan fingerprint density at radius 3 is 2.79 bits per heavy atom. The van der Waals surface area contributed by atoms with Crippen molar-refractivity contribution < 1.29 is 9.90 Å². The largest absolute Gasteiger partial charge is 0.391 e. The van der Waals surface area contributed by atoms with Crippen LogP contribution in [0.3, 0.4) is 0 Å². The lowest BCUT2D eigenvalue weighted by molar-refractivity contribution is 0.0317. The van der Waals surface area contributed by atoms with Gasteiger partial charge < -0.3 is 14.9 Å². The molecule has 1 saturated carbocycles. The number of hydrogen-bond donors (Lipinski definition) is 1. The van der Waals surface area contributed by atoms with E-state index in [1.165, 1.54) is 0 Å². The van der Waals surface area contributed by atoms with Gasteiger partial charge in [-0.1, -0.05) is 31.4 Å². The van der Waals surface area contributed by atoms with Crippen LogP contribution < -0.4 is 4.90 Å². The Morgan fingerprint density at radius 2 is 2.00 bits per heavy atom. The van der Waals surface area contributed by atoms with E-state index >= 15 is 0 Å². The maximum Gasteiger partial charge on any atom is 0.257 e. The standard InChI is InChI=1S/C26H30N4O2S/c1-29-16-30(21-8-4-3-5-9-22(21)31)26(32)20-14-18(13-17-10-11-23(33-2)28-15-17)19-7-6-12-27-24(19)25(20)29/h6-7,10-12,14-15,21-22,31H,3-5,8-9,13,16H2,1-2H3/t21-,22-/m0/s1. The number of aromatic nitrogens is 2. The van der Waals surface area contributed by atoms with Crippen molar-refractivity contribution in [2.75, 3.05) is 24.9 Å². The first-order valence-corrected chi connectivity index (χ1v) is 12.9. The van der Waals surface area contributed by atoms with Gasteiger partial charge >= 0.3 is 0 Å². The molecule has 0 bridgehead atoms. The van der Waals surface area contributed by atoms with Crippen LogP contribution in [-0.4, -0.2) is 58.0 Å². The number of pyridine rings is 2. The van der Waals surface area contributed by atoms with Crippen LogP contribution in [0.15, 0.2) is 47.8 Å². The average Bonchev–Trinajstić information content (AvgIpc) is 3.06. The summed E-state index contributed by atoms with van der Waals surface area (Å²) in [5.74, 6) is -0.00120. The summed E-state index contributed by atoms with van der Waals surface area (Å²) >= 11 is 1.62. The molecule has 1 fully saturated rings. The van der Waals surface area contributed by atoms with E-state index in [9.17, 15) is 9.90 Å². The zero-order chi connectivity index (χ0) is 22.9. The fraction of sp³-hybridized carbons (Fsp3) is 0.423. The fourth-order valence-corrected chi connectivity index (χ4v) is 5.62. The van der Waals surface area contributed by atoms with Gasteiger partial charge in [-0.15, -0.1) is 11.8 Å². The van der Waals surface area contributed by atoms with Gasteiger partial charge in [-0.3, -0.25) is 9.78 Å². The van der Waals surface area contributed by atoms with Crippen molar-refractivity contribution in [3.05, 3.63) is 59.4 Å². The van der Waals surface area contributed by atoms with Crippen molar-refractivity contribution in [1.29, 1.82) is 0 Å². The number of amides is 1. The third-order valence-electron chi connectivity index (χ3n) is 6.93. The van der Waals surface area contributed by atoms with E-state index in [1.807, 2.05) is 42.6 Å². The summed E-state index contributed by atoms with van der Waals surface area (Å²) in [6, 6.07) is 10.1. The minimum atomic E-state index is -0.467. The minimum Gasteiger partial charge on any atom is -0.391 e. The molecule has 5 rings (SSSR count). The van der Waals surface area contributed by atoms with Crippen LogP contribution in [0.25, 0.3) is 10.9 Å². The van der Waals surface area contributed by atoms with E-state index < -0.39 is 6.10 Å². The smallest absolute Gasteiger partial charge is 0.257 e. The number of benzene rings is 1. The Bertz CT molecular complexity index is 1170. The lowest BCUT2D eigenvalue weighted by atomic mass is 9.94. The summed E-state index contributed by atoms with van der Waals surface area (Å²) in [5.41, 5.74) is 4.59. The van der Waals surface area contributed by atoms with Crippen molar-refractivity contribution in [3.63, 3.8) is 0 Å². The molecule has 0 spiro atoms. The number of carbonyl (C=O) groups excluding carboxylic acids is 1. The van der Waals surface area contributed by atoms with Gasteiger partial charge in [0.25, 0.3) is 5.91 Å². The van der Waals surface area contributed by atoms with Gasteiger partial charge in [-0.25, -0.2) is 4.98 Å². The second kappa shape index (κ2) is 9.31. The maximum absolute atomic E-state index is 13.8. The monoisotopic (exact) mass is 462 g/mol. The summed E-state index contributed by atoms with van der Waals surface area (Å²) in [4.78, 5) is 27.0. The first kappa shape index (κ1) is 22.2. The Morgan fingerprint density at radius 1 is 1.15 bits per heavy atom. The predicted molar refractivity (Wildman–Crippen MR) is 133 cm³/mol. The highest BCUT2D eigenvalue weighted by Crippen LogP contribution is 2.38. The zero-order valence-electron chi connectivity index (χ0n) is 19.2. The molecule has 1 aliphatic carbocycles. The third kappa shape index (κ3) is 4.20. The minimum absolute atomic E-state index is 0.00120. The molecule has 3 aromatic rings. The van der Waals surface area contributed by atoms with Crippen molar-refractivity contribution >= 4 is 34.3 Å². The van der Waals surface area contributed by atoms with Crippen LogP contribution in [0.4, 0.5) is 5.69 Å². The van der Waals surface area contributed by atoms with Crippen LogP contribution in [0.5, 0.6) is 0 Å². The fourth-order valence-electron chi connectivity index (χ4n) is 5.26. The molecule has 6 nitrogen and oxygen atoms in total. The lowest BCUT2D eigenvalue weighted by Gasteiger charge is -2.42. The Kier molecular flexibility index (Phi) is 6.25. The molecule has 2 atom stereocenters. The molecule has 0 saturated heterocycles. The van der Waals surface area contributed by atoms with Gasteiger partial charge in [-0.2, -0.15) is 0 Å². The van der Waals surface area contributed by atoms with E-state index in [4.69, 9.17) is 4.98 Å². The number of aliphatic hydroxyl groups excluding tert-OH is 1. The Labute approximate surface area is 199 Å². The molecule has 2 aromatic heterocycles. The summed E-state index contributed by atoms with van der Waals surface area (Å²) in [5, 5.41) is 12.8. The number of fused-ring (bicyclic) bond motifs is 3. The molecule has 33 heavy (non-hydrogen) atoms. The topological polar surface area (TPSA) is 69.6 Å². The van der Waals surface area contributed by atoms with Gasteiger partial charge in [0.1, 0.15) is 0 Å². The van der Waals surface area contributed by atoms with E-state index in [1.54, 1.807) is 18.0 Å². The first-order chi connectivity index (χ1) is 16.1. The number of rotatable bonds is 4. The zero-order valence-corrected chi connectivity index (χ0v) is 20.0. The highest BCUT2D eigenvalue weighted by molar-refractivity contribution is 7.98. The van der Waals surface area contributed by atoms with Gasteiger partial charge in [-0.05, 0) is 54.8 Å². The lowest BCUT2D eigenvalue weighted by Crippen LogP contribution is -2.53. The highest BCUT2D eigenvalue weighted by Gasteiger charge is 2.37. The van der Waals surface area contributed by atoms with Crippen molar-refractivity contribution in [3.8, 4) is 0 Å². The molecule has 1 amide bonds. The molecule has 7 heteroatoms. The molecule has 172 valence electrons. The molecule has 3 heterocycles. The molecule has 0 radical (unpaired) electrons. The number of aliphatic hydroxyl groups is 1. The number of anilines is 1. The van der Waals surface area contributed by atoms with E-state index in [0.717, 1.165) is 64.8 Å². The third-order valence-corrected chi connectivity index (χ3v) is 7.59. The van der Waals surface area contributed by atoms with Gasteiger partial charge in [0.15, 0.2) is 0 Å². The molecular weight excluding hydrogens is 432 g/mol. The van der Waals surface area contributed by atoms with Gasteiger partial charge in [0, 0.05) is 24.8 Å². The average molecular weight is 463 g/mol. The summed E-state index contributed by atoms with van der Waals surface area (Å²) < 4.78 is 0. The number of carbonyl (C=O) groups is 1. The van der Waals surface area contributed by atoms with Crippen LogP contribution in [0, 0.1) is 0 Å². The predicted octanol–water partition coefficient (Wildman–Crippen LogP) is 4.49. The number of hydrogen-bond acceptors (Lipinski definition) is 6. The van der Waals surface area contributed by atoms with Crippen LogP contribution in [-0.2, 0) is 6.42 Å². The van der Waals surface area contributed by atoms with Crippen LogP contribution in [0.2, 0.25) is 0 Å². The molecule has 1 aliphatic heterocycles. The number of nitrogens with zero attached hydrogens (tertiary/aromatic N) is 4. The quantitative estimate of drug-likeness (QED) is 0.455. The molecule has 1 N–H and O–H groups in total. The summed E-state index contributed by atoms with van der Waals surface area (Å²) in [7, 11) is 2.01. The van der Waals surface area contributed by atoms with Gasteiger partial charge in [0.2, 0.25) is 0 Å². The normalized spacial score (nSPS) is 21.2. The summed E-state index contributed by atoms with van der Waals surface area (Å²) in [6.45, 7) is 0.471. The van der Waals surface area contributed by atoms with E-state index in [2.05, 4.69) is 22.0 Å². The molecule has 0 unspecified atom stereocenters. The molecular formula is C26H30N4O2S. The Balaban J connectivity index is 1.57. The van der Waals surface area contributed by atoms with Gasteiger partial charge in [0.05, 0.1) is 40.6 Å². The van der Waals surface area contributed by atoms with Crippen molar-refractivity contribution in [2.45, 2.75) is 55.7 Å². The first-order valence-electron chi connectivity index (χ1n) is 11.7. The molecule has 1 aromatic carbocycles. The Hall–Kier alpha value is -2.64. The van der Waals surface area contributed by atoms with Crippen LogP contribution in [0.1, 0.15) is 53.6 Å². The van der Waals surface area contributed by atoms with E-state index in [0.29, 0.717) is 18.7 Å². The summed E-state index contributed by atoms with van der Waals surface area (Å²) in [6.07, 6.45) is 10.7. The SMILES string of the molecule is CSc1ccc(Cc2cc3c(c4ncccc24)N(C)CN([C@H]2CCCCC[C@@H]2O)C3=O)cn1. The highest BCUT2D eigenvalue weighted by atomic mass is 32.2.